The lowest BCUT2D eigenvalue weighted by molar-refractivity contribution is 0.101. The first kappa shape index (κ1) is 21.5. The zero-order chi connectivity index (χ0) is 22.8. The van der Waals surface area contributed by atoms with Crippen molar-refractivity contribution < 1.29 is 4.79 Å². The monoisotopic (exact) mass is 447 g/mol. The molecule has 2 N–H and O–H groups in total. The van der Waals surface area contributed by atoms with Gasteiger partial charge in [-0.2, -0.15) is 9.97 Å². The highest BCUT2D eigenvalue weighted by atomic mass is 16.1. The Morgan fingerprint density at radius 1 is 1.18 bits per heavy atom. The first-order valence-electron chi connectivity index (χ1n) is 11.7. The second-order valence-corrected chi connectivity index (χ2v) is 8.94. The Balaban J connectivity index is 1.47. The maximum Gasteiger partial charge on any atom is 0.371 e. The van der Waals surface area contributed by atoms with E-state index in [9.17, 15) is 9.59 Å². The number of Topliss-reactive ketones (excluding diaryl/α,β-unsaturated/α-hetero) is 1. The summed E-state index contributed by atoms with van der Waals surface area (Å²) < 4.78 is 1.96. The smallest absolute Gasteiger partial charge is 0.368 e. The van der Waals surface area contributed by atoms with Gasteiger partial charge in [-0.1, -0.05) is 12.8 Å². The maximum atomic E-state index is 12.4. The van der Waals surface area contributed by atoms with Gasteiger partial charge in [-0.05, 0) is 43.9 Å². The molecule has 0 radical (unpaired) electrons. The Kier molecular flexibility index (Phi) is 6.04. The van der Waals surface area contributed by atoms with E-state index in [4.69, 9.17) is 0 Å². The van der Waals surface area contributed by atoms with E-state index in [2.05, 4.69) is 30.5 Å². The van der Waals surface area contributed by atoms with Crippen molar-refractivity contribution in [1.29, 1.82) is 0 Å². The summed E-state index contributed by atoms with van der Waals surface area (Å²) in [4.78, 5) is 39.8. The molecule has 0 aromatic carbocycles. The molecule has 5 rings (SSSR count). The molecule has 33 heavy (non-hydrogen) atoms. The molecule has 9 heteroatoms. The summed E-state index contributed by atoms with van der Waals surface area (Å²) in [5.74, 6) is 2.00. The maximum absolute atomic E-state index is 12.4. The number of rotatable bonds is 6. The van der Waals surface area contributed by atoms with E-state index in [1.54, 1.807) is 13.0 Å². The molecular formula is C24H29N7O2. The molecule has 3 aliphatic heterocycles. The number of pyridine rings is 2. The quantitative estimate of drug-likeness (QED) is 0.556. The van der Waals surface area contributed by atoms with E-state index >= 15 is 0 Å². The number of piperazine rings is 1. The average molecular weight is 448 g/mol. The summed E-state index contributed by atoms with van der Waals surface area (Å²) in [6.07, 6.45) is 8.40. The van der Waals surface area contributed by atoms with Gasteiger partial charge in [-0.25, -0.2) is 9.78 Å². The number of carbonyl (C=O) groups excluding carboxylic acids is 1. The van der Waals surface area contributed by atoms with Gasteiger partial charge in [0.25, 0.3) is 0 Å². The molecule has 0 amide bonds. The zero-order valence-corrected chi connectivity index (χ0v) is 18.9. The molecule has 0 unspecified atom stereocenters. The van der Waals surface area contributed by atoms with Gasteiger partial charge in [0.2, 0.25) is 0 Å². The van der Waals surface area contributed by atoms with Crippen molar-refractivity contribution in [3.05, 3.63) is 46.6 Å². The van der Waals surface area contributed by atoms with E-state index in [0.717, 1.165) is 51.3 Å². The number of nitrogens with one attached hydrogen (secondary N) is 2. The molecule has 1 saturated carbocycles. The zero-order valence-electron chi connectivity index (χ0n) is 18.9. The molecule has 1 aromatic heterocycles. The normalized spacial score (nSPS) is 16.9. The molecule has 1 aromatic rings. The number of hydrogen-bond acceptors (Lipinski definition) is 8. The number of nitrogens with zero attached hydrogens (tertiary/aromatic N) is 5. The van der Waals surface area contributed by atoms with Crippen LogP contribution in [-0.4, -0.2) is 51.5 Å². The minimum Gasteiger partial charge on any atom is -0.368 e. The second kappa shape index (κ2) is 9.27. The molecule has 0 bridgehead atoms. The van der Waals surface area contributed by atoms with E-state index in [1.165, 1.54) is 12.8 Å². The van der Waals surface area contributed by atoms with Crippen LogP contribution in [0.15, 0.2) is 35.4 Å². The van der Waals surface area contributed by atoms with E-state index < -0.39 is 5.69 Å². The minimum atomic E-state index is -0.557. The second-order valence-electron chi connectivity index (χ2n) is 8.94. The summed E-state index contributed by atoms with van der Waals surface area (Å²) in [7, 11) is 0. The fourth-order valence-corrected chi connectivity index (χ4v) is 4.80. The number of fused-ring (bicyclic) bond motifs is 1. The Hall–Kier alpha value is -3.33. The molecule has 2 fully saturated rings. The summed E-state index contributed by atoms with van der Waals surface area (Å²) in [6.45, 7) is 6.09. The topological polar surface area (TPSA) is 105 Å². The van der Waals surface area contributed by atoms with Crippen molar-refractivity contribution in [3.63, 3.8) is 0 Å². The molecule has 4 aliphatic rings. The number of hydrogen-bond donors (Lipinski definition) is 2. The third-order valence-electron chi connectivity index (χ3n) is 6.58. The number of anilines is 3. The lowest BCUT2D eigenvalue weighted by Crippen LogP contribution is -2.43. The van der Waals surface area contributed by atoms with Crippen LogP contribution in [0.2, 0.25) is 0 Å². The van der Waals surface area contributed by atoms with Crippen molar-refractivity contribution in [2.24, 2.45) is 5.92 Å². The summed E-state index contributed by atoms with van der Waals surface area (Å²) >= 11 is 0. The van der Waals surface area contributed by atoms with Crippen LogP contribution in [0.1, 0.15) is 43.0 Å². The van der Waals surface area contributed by atoms with Crippen molar-refractivity contribution in [2.45, 2.75) is 39.2 Å². The fourth-order valence-electron chi connectivity index (χ4n) is 4.80. The predicted octanol–water partition coefficient (Wildman–Crippen LogP) is 2.68. The van der Waals surface area contributed by atoms with Crippen LogP contribution >= 0.6 is 0 Å². The van der Waals surface area contributed by atoms with Gasteiger partial charge in [0, 0.05) is 44.5 Å². The molecule has 1 aliphatic carbocycles. The molecule has 172 valence electrons. The Morgan fingerprint density at radius 2 is 1.97 bits per heavy atom. The summed E-state index contributed by atoms with van der Waals surface area (Å²) in [6, 6.07) is 5.67. The van der Waals surface area contributed by atoms with E-state index in [-0.39, 0.29) is 5.78 Å². The Morgan fingerprint density at radius 3 is 2.67 bits per heavy atom. The third kappa shape index (κ3) is 4.73. The van der Waals surface area contributed by atoms with Crippen molar-refractivity contribution in [2.75, 3.05) is 36.4 Å². The van der Waals surface area contributed by atoms with Crippen molar-refractivity contribution >= 4 is 23.1 Å². The molecule has 0 spiro atoms. The lowest BCUT2D eigenvalue weighted by Gasteiger charge is -2.29. The van der Waals surface area contributed by atoms with Gasteiger partial charge < -0.3 is 20.1 Å². The van der Waals surface area contributed by atoms with E-state index in [0.29, 0.717) is 34.5 Å². The number of ketones is 1. The van der Waals surface area contributed by atoms with Crippen LogP contribution < -0.4 is 21.2 Å². The van der Waals surface area contributed by atoms with Crippen molar-refractivity contribution in [1.82, 2.24) is 24.8 Å². The highest BCUT2D eigenvalue weighted by Gasteiger charge is 2.22. The van der Waals surface area contributed by atoms with Crippen LogP contribution in [0.4, 0.5) is 17.3 Å². The summed E-state index contributed by atoms with van der Waals surface area (Å²) in [5, 5.41) is 6.53. The molecule has 1 saturated heterocycles. The average Bonchev–Trinajstić information content (AvgIpc) is 3.33. The van der Waals surface area contributed by atoms with Crippen LogP contribution in [-0.2, 0) is 6.54 Å². The molecule has 4 heterocycles. The van der Waals surface area contributed by atoms with Crippen LogP contribution in [0.5, 0.6) is 0 Å². The Labute approximate surface area is 192 Å². The highest BCUT2D eigenvalue weighted by molar-refractivity contribution is 5.96. The van der Waals surface area contributed by atoms with Gasteiger partial charge >= 0.3 is 5.69 Å². The van der Waals surface area contributed by atoms with Gasteiger partial charge in [-0.3, -0.25) is 4.79 Å². The van der Waals surface area contributed by atoms with Crippen LogP contribution in [0, 0.1) is 5.92 Å². The number of aromatic nitrogens is 4. The predicted molar refractivity (Wildman–Crippen MR) is 127 cm³/mol. The SMILES string of the molecule is CC(=O)c1cc2c(Nc3ccc(N4CCNCC4)cn3)nc(=O)nc-2n(CC2CCCC2)c1. The van der Waals surface area contributed by atoms with Crippen LogP contribution in [0.3, 0.4) is 0 Å². The fraction of sp³-hybridized carbons (Fsp3) is 0.458. The third-order valence-corrected chi connectivity index (χ3v) is 6.58. The van der Waals surface area contributed by atoms with Gasteiger partial charge in [-0.15, -0.1) is 0 Å². The summed E-state index contributed by atoms with van der Waals surface area (Å²) in [5.41, 5.74) is 1.73. The lowest BCUT2D eigenvalue weighted by atomic mass is 10.1. The Bertz CT molecular complexity index is 1160. The van der Waals surface area contributed by atoms with Crippen LogP contribution in [0.25, 0.3) is 11.4 Å². The minimum absolute atomic E-state index is 0.0345. The first-order chi connectivity index (χ1) is 16.1. The van der Waals surface area contributed by atoms with Gasteiger partial charge in [0.15, 0.2) is 5.78 Å². The molecular weight excluding hydrogens is 418 g/mol. The van der Waals surface area contributed by atoms with E-state index in [1.807, 2.05) is 29.1 Å². The van der Waals surface area contributed by atoms with Gasteiger partial charge in [0.05, 0.1) is 17.4 Å². The first-order valence-corrected chi connectivity index (χ1v) is 11.7. The molecule has 9 nitrogen and oxygen atoms in total. The van der Waals surface area contributed by atoms with Crippen molar-refractivity contribution in [3.8, 4) is 11.4 Å². The van der Waals surface area contributed by atoms with Gasteiger partial charge in [0.1, 0.15) is 17.5 Å². The largest absolute Gasteiger partial charge is 0.371 e. The number of carbonyl (C=O) groups is 1. The highest BCUT2D eigenvalue weighted by Crippen LogP contribution is 2.32. The standard InChI is InChI=1S/C24H29N7O2/c1-16(32)18-12-20-22(27-21-7-6-19(13-26-21)30-10-8-25-9-11-30)28-24(33)29-23(20)31(15-18)14-17-4-2-3-5-17/h6-7,12-13,15,17,25H,2-5,8-11,14H2,1H3,(H,26,27,28,33). The molecule has 0 atom stereocenters.